The normalized spacial score (nSPS) is 11.3. The third-order valence-electron chi connectivity index (χ3n) is 3.58. The number of hydrogen-bond donors (Lipinski definition) is 2. The zero-order valence-corrected chi connectivity index (χ0v) is 13.5. The topological polar surface area (TPSA) is 36.4 Å². The number of hydrogen-bond acceptors (Lipinski definition) is 1. The number of nitrogens with zero attached hydrogens (tertiary/aromatic N) is 1. The van der Waals surface area contributed by atoms with E-state index in [2.05, 4.69) is 77.1 Å². The molecule has 0 aliphatic heterocycles. The molecule has 0 aromatic heterocycles. The summed E-state index contributed by atoms with van der Waals surface area (Å²) in [5.74, 6) is 0.855. The highest BCUT2D eigenvalue weighted by Gasteiger charge is 1.98. The molecular formula is C19H25N3. The van der Waals surface area contributed by atoms with E-state index >= 15 is 0 Å². The van der Waals surface area contributed by atoms with Crippen LogP contribution in [0.25, 0.3) is 0 Å². The standard InChI is InChI=1S/C19H25N3/c1-16-10-12-18(13-11-16)15-22-19(20-2)21-14-6-9-17-7-4-3-5-8-17/h3-5,7-8,10-13H,6,9,14-15H2,1-2H3,(H2,20,21,22). The Hall–Kier alpha value is -2.29. The van der Waals surface area contributed by atoms with Gasteiger partial charge in [0.15, 0.2) is 5.96 Å². The largest absolute Gasteiger partial charge is 0.356 e. The third kappa shape index (κ3) is 5.60. The van der Waals surface area contributed by atoms with Gasteiger partial charge in [-0.25, -0.2) is 0 Å². The van der Waals surface area contributed by atoms with Gasteiger partial charge in [0.2, 0.25) is 0 Å². The van der Waals surface area contributed by atoms with E-state index in [-0.39, 0.29) is 0 Å². The maximum Gasteiger partial charge on any atom is 0.191 e. The Morgan fingerprint density at radius 3 is 2.32 bits per heavy atom. The van der Waals surface area contributed by atoms with Gasteiger partial charge in [0.25, 0.3) is 0 Å². The predicted octanol–water partition coefficient (Wildman–Crippen LogP) is 3.29. The molecule has 2 aromatic carbocycles. The van der Waals surface area contributed by atoms with Gasteiger partial charge in [0.1, 0.15) is 0 Å². The molecule has 116 valence electrons. The van der Waals surface area contributed by atoms with Gasteiger partial charge in [-0.15, -0.1) is 0 Å². The molecule has 3 nitrogen and oxygen atoms in total. The van der Waals surface area contributed by atoms with Gasteiger partial charge in [-0.2, -0.15) is 0 Å². The third-order valence-corrected chi connectivity index (χ3v) is 3.58. The molecule has 0 spiro atoms. The SMILES string of the molecule is CN=C(NCCCc1ccccc1)NCc1ccc(C)cc1. The summed E-state index contributed by atoms with van der Waals surface area (Å²) in [4.78, 5) is 4.26. The lowest BCUT2D eigenvalue weighted by molar-refractivity contribution is 0.742. The lowest BCUT2D eigenvalue weighted by Gasteiger charge is -2.12. The first-order valence-corrected chi connectivity index (χ1v) is 7.82. The van der Waals surface area contributed by atoms with Crippen molar-refractivity contribution < 1.29 is 0 Å². The van der Waals surface area contributed by atoms with E-state index in [0.29, 0.717) is 0 Å². The maximum atomic E-state index is 4.26. The molecule has 2 rings (SSSR count). The van der Waals surface area contributed by atoms with Crippen LogP contribution in [-0.4, -0.2) is 19.6 Å². The first kappa shape index (κ1) is 16.1. The Labute approximate surface area is 133 Å². The van der Waals surface area contributed by atoms with Gasteiger partial charge < -0.3 is 10.6 Å². The molecule has 2 N–H and O–H groups in total. The van der Waals surface area contributed by atoms with E-state index in [4.69, 9.17) is 0 Å². The van der Waals surface area contributed by atoms with Gasteiger partial charge in [0, 0.05) is 20.1 Å². The van der Waals surface area contributed by atoms with Crippen molar-refractivity contribution in [2.24, 2.45) is 4.99 Å². The quantitative estimate of drug-likeness (QED) is 0.487. The van der Waals surface area contributed by atoms with Gasteiger partial charge in [0.05, 0.1) is 0 Å². The molecule has 0 aliphatic carbocycles. The highest BCUT2D eigenvalue weighted by Crippen LogP contribution is 2.03. The molecule has 0 atom stereocenters. The van der Waals surface area contributed by atoms with Crippen molar-refractivity contribution in [3.05, 3.63) is 71.3 Å². The minimum Gasteiger partial charge on any atom is -0.356 e. The number of nitrogens with one attached hydrogen (secondary N) is 2. The number of aryl methyl sites for hydroxylation is 2. The number of guanidine groups is 1. The fourth-order valence-corrected chi connectivity index (χ4v) is 2.26. The van der Waals surface area contributed by atoms with Gasteiger partial charge in [-0.05, 0) is 30.9 Å². The molecule has 0 saturated carbocycles. The monoisotopic (exact) mass is 295 g/mol. The van der Waals surface area contributed by atoms with Crippen molar-refractivity contribution in [1.82, 2.24) is 10.6 Å². The molecule has 3 heteroatoms. The van der Waals surface area contributed by atoms with Crippen LogP contribution in [0.5, 0.6) is 0 Å². The lowest BCUT2D eigenvalue weighted by Crippen LogP contribution is -2.37. The average molecular weight is 295 g/mol. The van der Waals surface area contributed by atoms with Crippen LogP contribution in [0, 0.1) is 6.92 Å². The van der Waals surface area contributed by atoms with Crippen LogP contribution in [0.2, 0.25) is 0 Å². The van der Waals surface area contributed by atoms with E-state index in [1.54, 1.807) is 0 Å². The van der Waals surface area contributed by atoms with Crippen LogP contribution in [0.1, 0.15) is 23.1 Å². The predicted molar refractivity (Wildman–Crippen MR) is 94.1 cm³/mol. The van der Waals surface area contributed by atoms with Crippen LogP contribution in [0.3, 0.4) is 0 Å². The second-order valence-electron chi connectivity index (χ2n) is 5.43. The fourth-order valence-electron chi connectivity index (χ4n) is 2.26. The molecule has 0 unspecified atom stereocenters. The van der Waals surface area contributed by atoms with Crippen molar-refractivity contribution in [3.8, 4) is 0 Å². The van der Waals surface area contributed by atoms with Gasteiger partial charge >= 0.3 is 0 Å². The summed E-state index contributed by atoms with van der Waals surface area (Å²) < 4.78 is 0. The summed E-state index contributed by atoms with van der Waals surface area (Å²) in [6.45, 7) is 3.81. The van der Waals surface area contributed by atoms with E-state index in [1.807, 2.05) is 7.05 Å². The zero-order valence-electron chi connectivity index (χ0n) is 13.5. The second kappa shape index (κ2) is 8.88. The second-order valence-corrected chi connectivity index (χ2v) is 5.43. The number of rotatable bonds is 6. The maximum absolute atomic E-state index is 4.26. The fraction of sp³-hybridized carbons (Fsp3) is 0.316. The molecule has 0 fully saturated rings. The molecule has 0 aliphatic rings. The van der Waals surface area contributed by atoms with Crippen molar-refractivity contribution >= 4 is 5.96 Å². The highest BCUT2D eigenvalue weighted by molar-refractivity contribution is 5.79. The Kier molecular flexibility index (Phi) is 6.49. The van der Waals surface area contributed by atoms with Crippen molar-refractivity contribution in [3.63, 3.8) is 0 Å². The summed E-state index contributed by atoms with van der Waals surface area (Å²) in [5, 5.41) is 6.70. The van der Waals surface area contributed by atoms with Gasteiger partial charge in [-0.1, -0.05) is 60.2 Å². The Balaban J connectivity index is 1.68. The molecule has 0 bridgehead atoms. The Morgan fingerprint density at radius 2 is 1.64 bits per heavy atom. The van der Waals surface area contributed by atoms with Crippen LogP contribution < -0.4 is 10.6 Å². The van der Waals surface area contributed by atoms with Crippen LogP contribution in [-0.2, 0) is 13.0 Å². The van der Waals surface area contributed by atoms with Crippen LogP contribution in [0.4, 0.5) is 0 Å². The average Bonchev–Trinajstić information content (AvgIpc) is 2.57. The lowest BCUT2D eigenvalue weighted by atomic mass is 10.1. The minimum atomic E-state index is 0.790. The highest BCUT2D eigenvalue weighted by atomic mass is 15.2. The summed E-state index contributed by atoms with van der Waals surface area (Å²) >= 11 is 0. The molecule has 0 heterocycles. The summed E-state index contributed by atoms with van der Waals surface area (Å²) in [7, 11) is 1.81. The first-order valence-electron chi connectivity index (χ1n) is 7.82. The first-order chi connectivity index (χ1) is 10.8. The van der Waals surface area contributed by atoms with E-state index in [0.717, 1.165) is 31.9 Å². The summed E-state index contributed by atoms with van der Waals surface area (Å²) in [6, 6.07) is 19.1. The molecular weight excluding hydrogens is 270 g/mol. The Bertz CT molecular complexity index is 573. The molecule has 2 aromatic rings. The zero-order chi connectivity index (χ0) is 15.6. The smallest absolute Gasteiger partial charge is 0.191 e. The minimum absolute atomic E-state index is 0.790. The van der Waals surface area contributed by atoms with Crippen LogP contribution >= 0.6 is 0 Å². The number of benzene rings is 2. The van der Waals surface area contributed by atoms with Crippen LogP contribution in [0.15, 0.2) is 59.6 Å². The van der Waals surface area contributed by atoms with E-state index in [9.17, 15) is 0 Å². The number of aliphatic imine (C=N–C) groups is 1. The Morgan fingerprint density at radius 1 is 0.909 bits per heavy atom. The molecule has 0 radical (unpaired) electrons. The van der Waals surface area contributed by atoms with Crippen molar-refractivity contribution in [1.29, 1.82) is 0 Å². The molecule has 22 heavy (non-hydrogen) atoms. The molecule has 0 amide bonds. The summed E-state index contributed by atoms with van der Waals surface area (Å²) in [5.41, 5.74) is 3.93. The molecule has 0 saturated heterocycles. The summed E-state index contributed by atoms with van der Waals surface area (Å²) in [6.07, 6.45) is 2.18. The van der Waals surface area contributed by atoms with E-state index < -0.39 is 0 Å². The van der Waals surface area contributed by atoms with Crippen molar-refractivity contribution in [2.45, 2.75) is 26.3 Å². The van der Waals surface area contributed by atoms with Crippen molar-refractivity contribution in [2.75, 3.05) is 13.6 Å². The van der Waals surface area contributed by atoms with E-state index in [1.165, 1.54) is 16.7 Å². The van der Waals surface area contributed by atoms with Gasteiger partial charge in [-0.3, -0.25) is 4.99 Å².